The molecule has 0 N–H and O–H groups in total. The fraction of sp³-hybridized carbons (Fsp3) is 0.375. The average molecular weight is 653 g/mol. The standard InChI is InChI=1S/C48H48N2/c1-4-13-32(14-5-1)44-26-23-34-21-25-40-41(31-45(33-15-6-2-7-16-33)50-47(40)46(34)49-44)37-18-12-17-35(29-37)36-22-24-39-38-19-8-9-20-42(38)48(43(39)30-36)27-10-3-11-28-48/h8-9,12,17-26,29-33H,1-7,10-11,13-16,27-28H2. The molecule has 0 atom stereocenters. The molecule has 0 bridgehead atoms. The van der Waals surface area contributed by atoms with Crippen molar-refractivity contribution in [2.75, 3.05) is 0 Å². The van der Waals surface area contributed by atoms with E-state index in [9.17, 15) is 0 Å². The number of fused-ring (bicyclic) bond motifs is 8. The molecule has 2 heterocycles. The van der Waals surface area contributed by atoms with Crippen molar-refractivity contribution in [3.63, 3.8) is 0 Å². The summed E-state index contributed by atoms with van der Waals surface area (Å²) in [6, 6.07) is 37.6. The van der Waals surface area contributed by atoms with Gasteiger partial charge < -0.3 is 0 Å². The monoisotopic (exact) mass is 652 g/mol. The molecule has 50 heavy (non-hydrogen) atoms. The van der Waals surface area contributed by atoms with Crippen molar-refractivity contribution in [1.82, 2.24) is 9.97 Å². The van der Waals surface area contributed by atoms with E-state index in [1.54, 1.807) is 11.1 Å². The van der Waals surface area contributed by atoms with E-state index in [0.717, 1.165) is 11.0 Å². The second-order valence-corrected chi connectivity index (χ2v) is 16.1. The number of pyridine rings is 2. The van der Waals surface area contributed by atoms with Crippen LogP contribution in [0, 0.1) is 0 Å². The smallest absolute Gasteiger partial charge is 0.0974 e. The van der Waals surface area contributed by atoms with E-state index in [-0.39, 0.29) is 5.41 Å². The number of hydrogen-bond acceptors (Lipinski definition) is 2. The van der Waals surface area contributed by atoms with Gasteiger partial charge in [-0.15, -0.1) is 0 Å². The van der Waals surface area contributed by atoms with Crippen LogP contribution in [0.3, 0.4) is 0 Å². The van der Waals surface area contributed by atoms with Gasteiger partial charge in [0.1, 0.15) is 0 Å². The molecule has 0 aliphatic heterocycles. The zero-order valence-corrected chi connectivity index (χ0v) is 29.4. The van der Waals surface area contributed by atoms with Crippen LogP contribution in [0.25, 0.3) is 55.2 Å². The van der Waals surface area contributed by atoms with Gasteiger partial charge in [-0.25, -0.2) is 0 Å². The van der Waals surface area contributed by atoms with Gasteiger partial charge in [0.05, 0.1) is 11.0 Å². The lowest BCUT2D eigenvalue weighted by molar-refractivity contribution is 0.353. The van der Waals surface area contributed by atoms with E-state index >= 15 is 0 Å². The first-order valence-corrected chi connectivity index (χ1v) is 19.8. The minimum atomic E-state index is 0.165. The third-order valence-electron chi connectivity index (χ3n) is 13.2. The van der Waals surface area contributed by atoms with Crippen LogP contribution in [-0.4, -0.2) is 9.97 Å². The Morgan fingerprint density at radius 1 is 0.440 bits per heavy atom. The van der Waals surface area contributed by atoms with Gasteiger partial charge in [-0.3, -0.25) is 9.97 Å². The molecule has 4 aromatic carbocycles. The highest BCUT2D eigenvalue weighted by molar-refractivity contribution is 6.08. The van der Waals surface area contributed by atoms with Gasteiger partial charge in [-0.1, -0.05) is 131 Å². The number of hydrogen-bond donors (Lipinski definition) is 0. The highest BCUT2D eigenvalue weighted by atomic mass is 14.8. The maximum atomic E-state index is 5.52. The summed E-state index contributed by atoms with van der Waals surface area (Å²) in [6.07, 6.45) is 19.5. The summed E-state index contributed by atoms with van der Waals surface area (Å²) in [7, 11) is 0. The molecule has 250 valence electrons. The SMILES string of the molecule is c1cc(-c2ccc3c(c2)C2(CCCCC2)c2ccccc2-3)cc(-c2cc(C3CCCCC3)nc3c2ccc2ccc(C4CCCCC4)nc23)c1. The second-order valence-electron chi connectivity index (χ2n) is 16.1. The maximum absolute atomic E-state index is 5.52. The van der Waals surface area contributed by atoms with Crippen LogP contribution in [0.15, 0.2) is 97.1 Å². The first kappa shape index (κ1) is 30.5. The van der Waals surface area contributed by atoms with Crippen molar-refractivity contribution >= 4 is 21.8 Å². The number of aromatic nitrogens is 2. The summed E-state index contributed by atoms with van der Waals surface area (Å²) in [5.74, 6) is 1.10. The predicted molar refractivity (Wildman–Crippen MR) is 209 cm³/mol. The fourth-order valence-corrected chi connectivity index (χ4v) is 10.6. The van der Waals surface area contributed by atoms with Crippen LogP contribution in [0.5, 0.6) is 0 Å². The third-order valence-corrected chi connectivity index (χ3v) is 13.2. The Kier molecular flexibility index (Phi) is 7.62. The number of nitrogens with zero attached hydrogens (tertiary/aromatic N) is 2. The van der Waals surface area contributed by atoms with Gasteiger partial charge in [0.25, 0.3) is 0 Å². The Hall–Kier alpha value is -4.30. The van der Waals surface area contributed by atoms with Crippen molar-refractivity contribution in [1.29, 1.82) is 0 Å². The maximum Gasteiger partial charge on any atom is 0.0974 e. The molecule has 0 radical (unpaired) electrons. The lowest BCUT2D eigenvalue weighted by Gasteiger charge is -2.36. The molecule has 2 nitrogen and oxygen atoms in total. The normalized spacial score (nSPS) is 19.2. The molecular formula is C48H48N2. The van der Waals surface area contributed by atoms with Gasteiger partial charge >= 0.3 is 0 Å². The first-order chi connectivity index (χ1) is 24.7. The van der Waals surface area contributed by atoms with E-state index in [1.807, 2.05) is 0 Å². The molecule has 10 rings (SSSR count). The first-order valence-electron chi connectivity index (χ1n) is 19.8. The second kappa shape index (κ2) is 12.5. The molecule has 3 saturated carbocycles. The number of benzene rings is 4. The van der Waals surface area contributed by atoms with E-state index in [1.165, 1.54) is 152 Å². The highest BCUT2D eigenvalue weighted by Crippen LogP contribution is 2.56. The van der Waals surface area contributed by atoms with Crippen LogP contribution < -0.4 is 0 Å². The highest BCUT2D eigenvalue weighted by Gasteiger charge is 2.43. The zero-order valence-electron chi connectivity index (χ0n) is 29.4. The topological polar surface area (TPSA) is 25.8 Å². The molecule has 4 aliphatic carbocycles. The van der Waals surface area contributed by atoms with E-state index < -0.39 is 0 Å². The Morgan fingerprint density at radius 2 is 1.10 bits per heavy atom. The van der Waals surface area contributed by atoms with Gasteiger partial charge in [-0.2, -0.15) is 0 Å². The molecule has 0 saturated heterocycles. The largest absolute Gasteiger partial charge is 0.250 e. The average Bonchev–Trinajstić information content (AvgIpc) is 3.46. The minimum Gasteiger partial charge on any atom is -0.250 e. The molecule has 0 amide bonds. The summed E-state index contributed by atoms with van der Waals surface area (Å²) < 4.78 is 0. The Labute approximate surface area is 297 Å². The molecule has 4 aliphatic rings. The summed E-state index contributed by atoms with van der Waals surface area (Å²) in [5.41, 5.74) is 16.1. The Balaban J connectivity index is 1.11. The fourth-order valence-electron chi connectivity index (χ4n) is 10.6. The lowest BCUT2D eigenvalue weighted by atomic mass is 9.67. The van der Waals surface area contributed by atoms with Crippen LogP contribution in [0.1, 0.15) is 131 Å². The van der Waals surface area contributed by atoms with E-state index in [0.29, 0.717) is 11.8 Å². The molecule has 1 spiro atoms. The molecule has 6 aromatic rings. The van der Waals surface area contributed by atoms with Crippen molar-refractivity contribution in [2.45, 2.75) is 114 Å². The van der Waals surface area contributed by atoms with Crippen molar-refractivity contribution in [3.8, 4) is 33.4 Å². The van der Waals surface area contributed by atoms with Gasteiger partial charge in [0.2, 0.25) is 0 Å². The third kappa shape index (κ3) is 5.04. The summed E-state index contributed by atoms with van der Waals surface area (Å²) in [4.78, 5) is 11.0. The van der Waals surface area contributed by atoms with Crippen molar-refractivity contribution in [3.05, 3.63) is 120 Å². The number of rotatable bonds is 4. The van der Waals surface area contributed by atoms with E-state index in [2.05, 4.69) is 97.1 Å². The summed E-state index contributed by atoms with van der Waals surface area (Å²) in [5, 5.41) is 2.44. The van der Waals surface area contributed by atoms with Crippen LogP contribution >= 0.6 is 0 Å². The molecule has 2 aromatic heterocycles. The zero-order chi connectivity index (χ0) is 33.1. The lowest BCUT2D eigenvalue weighted by Crippen LogP contribution is -2.28. The summed E-state index contributed by atoms with van der Waals surface area (Å²) >= 11 is 0. The van der Waals surface area contributed by atoms with Crippen LogP contribution in [-0.2, 0) is 5.41 Å². The van der Waals surface area contributed by atoms with E-state index in [4.69, 9.17) is 9.97 Å². The predicted octanol–water partition coefficient (Wildman–Crippen LogP) is 13.4. The van der Waals surface area contributed by atoms with Crippen LogP contribution in [0.2, 0.25) is 0 Å². The minimum absolute atomic E-state index is 0.165. The van der Waals surface area contributed by atoms with Gasteiger partial charge in [0.15, 0.2) is 0 Å². The van der Waals surface area contributed by atoms with Crippen molar-refractivity contribution in [2.24, 2.45) is 0 Å². The van der Waals surface area contributed by atoms with Gasteiger partial charge in [-0.05, 0) is 107 Å². The molecular weight excluding hydrogens is 605 g/mol. The Bertz CT molecular complexity index is 2230. The molecule has 0 unspecified atom stereocenters. The van der Waals surface area contributed by atoms with Crippen LogP contribution in [0.4, 0.5) is 0 Å². The van der Waals surface area contributed by atoms with Gasteiger partial charge in [0, 0.05) is 39.4 Å². The Morgan fingerprint density at radius 3 is 1.92 bits per heavy atom. The quantitative estimate of drug-likeness (QED) is 0.177. The molecule has 2 heteroatoms. The van der Waals surface area contributed by atoms with Crippen molar-refractivity contribution < 1.29 is 0 Å². The molecule has 3 fully saturated rings. The summed E-state index contributed by atoms with van der Waals surface area (Å²) in [6.45, 7) is 0.